The third-order valence-corrected chi connectivity index (χ3v) is 8.47. The highest BCUT2D eigenvalue weighted by Crippen LogP contribution is 2.40. The second-order valence-corrected chi connectivity index (χ2v) is 10.6. The fourth-order valence-electron chi connectivity index (χ4n) is 5.51. The predicted octanol–water partition coefficient (Wildman–Crippen LogP) is 6.20. The van der Waals surface area contributed by atoms with Gasteiger partial charge in [0.05, 0.1) is 40.7 Å². The van der Waals surface area contributed by atoms with Crippen molar-refractivity contribution in [2.24, 2.45) is 0 Å². The van der Waals surface area contributed by atoms with Gasteiger partial charge in [-0.25, -0.2) is 9.97 Å². The molecule has 5 heterocycles. The highest BCUT2D eigenvalue weighted by molar-refractivity contribution is 7.18. The number of benzene rings is 2. The predicted molar refractivity (Wildman–Crippen MR) is 142 cm³/mol. The van der Waals surface area contributed by atoms with E-state index in [0.717, 1.165) is 49.0 Å². The van der Waals surface area contributed by atoms with E-state index >= 15 is 0 Å². The summed E-state index contributed by atoms with van der Waals surface area (Å²) >= 11 is 1.81. The Balaban J connectivity index is 1.23. The molecule has 0 amide bonds. The Hall–Kier alpha value is -3.26. The zero-order valence-corrected chi connectivity index (χ0v) is 20.3. The summed E-state index contributed by atoms with van der Waals surface area (Å²) in [5, 5.41) is 9.56. The van der Waals surface area contributed by atoms with Gasteiger partial charge in [0.15, 0.2) is 0 Å². The van der Waals surface area contributed by atoms with Crippen LogP contribution in [0, 0.1) is 0 Å². The number of rotatable bonds is 5. The van der Waals surface area contributed by atoms with Crippen molar-refractivity contribution in [1.82, 2.24) is 30.6 Å². The summed E-state index contributed by atoms with van der Waals surface area (Å²) in [4.78, 5) is 19.0. The maximum absolute atomic E-state index is 4.70. The zero-order chi connectivity index (χ0) is 23.2. The monoisotopic (exact) mass is 480 g/mol. The van der Waals surface area contributed by atoms with Crippen LogP contribution in [0.25, 0.3) is 43.0 Å². The minimum absolute atomic E-state index is 0.339. The van der Waals surface area contributed by atoms with E-state index in [4.69, 9.17) is 4.98 Å². The van der Waals surface area contributed by atoms with Gasteiger partial charge in [0.1, 0.15) is 11.6 Å². The van der Waals surface area contributed by atoms with Crippen molar-refractivity contribution >= 4 is 22.1 Å². The molecule has 5 aromatic rings. The van der Waals surface area contributed by atoms with Crippen LogP contribution in [-0.4, -0.2) is 33.0 Å². The van der Waals surface area contributed by atoms with E-state index in [-0.39, 0.29) is 0 Å². The summed E-state index contributed by atoms with van der Waals surface area (Å²) in [6, 6.07) is 18.3. The average molecular weight is 481 g/mol. The number of aromatic amines is 2. The van der Waals surface area contributed by atoms with Crippen LogP contribution >= 0.6 is 11.3 Å². The number of nitrogens with zero attached hydrogens (tertiary/aromatic N) is 2. The molecule has 7 rings (SSSR count). The molecule has 1 unspecified atom stereocenters. The minimum atomic E-state index is 0.339. The molecule has 6 nitrogen and oxygen atoms in total. The Labute approximate surface area is 208 Å². The summed E-state index contributed by atoms with van der Waals surface area (Å²) < 4.78 is 0. The van der Waals surface area contributed by atoms with Crippen LogP contribution in [0.5, 0.6) is 0 Å². The van der Waals surface area contributed by atoms with Gasteiger partial charge in [-0.1, -0.05) is 36.4 Å². The van der Waals surface area contributed by atoms with Gasteiger partial charge >= 0.3 is 0 Å². The Kier molecular flexibility index (Phi) is 5.26. The Morgan fingerprint density at radius 1 is 0.657 bits per heavy atom. The van der Waals surface area contributed by atoms with E-state index in [1.807, 2.05) is 23.7 Å². The highest BCUT2D eigenvalue weighted by atomic mass is 32.1. The zero-order valence-electron chi connectivity index (χ0n) is 19.5. The van der Waals surface area contributed by atoms with Gasteiger partial charge < -0.3 is 20.6 Å². The molecule has 35 heavy (non-hydrogen) atoms. The molecule has 2 fully saturated rings. The number of H-pyrrole nitrogens is 2. The normalized spacial score (nSPS) is 20.2. The molecule has 4 N–H and O–H groups in total. The van der Waals surface area contributed by atoms with Crippen LogP contribution in [0.2, 0.25) is 0 Å². The number of imidazole rings is 2. The van der Waals surface area contributed by atoms with E-state index in [1.54, 1.807) is 0 Å². The van der Waals surface area contributed by atoms with Crippen molar-refractivity contribution in [2.45, 2.75) is 37.8 Å². The van der Waals surface area contributed by atoms with E-state index in [1.165, 1.54) is 44.5 Å². The summed E-state index contributed by atoms with van der Waals surface area (Å²) in [5.74, 6) is 2.09. The molecule has 2 aliphatic heterocycles. The lowest BCUT2D eigenvalue weighted by Crippen LogP contribution is -2.14. The van der Waals surface area contributed by atoms with Gasteiger partial charge in [-0.05, 0) is 67.2 Å². The lowest BCUT2D eigenvalue weighted by molar-refractivity contribution is 0.613. The fourth-order valence-corrected chi connectivity index (χ4v) is 6.52. The van der Waals surface area contributed by atoms with E-state index < -0.39 is 0 Å². The molecule has 0 bridgehead atoms. The summed E-state index contributed by atoms with van der Waals surface area (Å²) in [7, 11) is 0. The van der Waals surface area contributed by atoms with Crippen LogP contribution in [0.3, 0.4) is 0 Å². The molecule has 0 radical (unpaired) electrons. The van der Waals surface area contributed by atoms with Gasteiger partial charge in [0.2, 0.25) is 0 Å². The van der Waals surface area contributed by atoms with E-state index in [0.29, 0.717) is 12.1 Å². The summed E-state index contributed by atoms with van der Waals surface area (Å²) in [6.45, 7) is 2.14. The number of hydrogen-bond acceptors (Lipinski definition) is 5. The molecule has 0 spiro atoms. The molecule has 176 valence electrons. The smallest absolute Gasteiger partial charge is 0.123 e. The van der Waals surface area contributed by atoms with Gasteiger partial charge in [-0.2, -0.15) is 0 Å². The highest BCUT2D eigenvalue weighted by Gasteiger charge is 2.21. The Bertz CT molecular complexity index is 1480. The lowest BCUT2D eigenvalue weighted by atomic mass is 9.98. The first-order chi connectivity index (χ1) is 17.3. The average Bonchev–Trinajstić information content (AvgIpc) is 3.72. The molecule has 2 aromatic carbocycles. The quantitative estimate of drug-likeness (QED) is 0.241. The fraction of sp³-hybridized carbons (Fsp3) is 0.286. The lowest BCUT2D eigenvalue weighted by Gasteiger charge is -2.09. The first-order valence-corrected chi connectivity index (χ1v) is 13.3. The molecule has 0 saturated carbocycles. The summed E-state index contributed by atoms with van der Waals surface area (Å²) in [5.41, 5.74) is 4.63. The first kappa shape index (κ1) is 21.1. The van der Waals surface area contributed by atoms with E-state index in [2.05, 4.69) is 74.1 Å². The third-order valence-electron chi connectivity index (χ3n) is 7.32. The van der Waals surface area contributed by atoms with Crippen LogP contribution in [0.1, 0.15) is 49.4 Å². The van der Waals surface area contributed by atoms with Crippen molar-refractivity contribution in [3.63, 3.8) is 0 Å². The number of thiophene rings is 1. The van der Waals surface area contributed by atoms with Crippen molar-refractivity contribution in [2.75, 3.05) is 13.1 Å². The van der Waals surface area contributed by atoms with Crippen molar-refractivity contribution in [3.05, 3.63) is 72.6 Å². The third kappa shape index (κ3) is 3.80. The number of hydrogen-bond donors (Lipinski definition) is 4. The molecule has 2 saturated heterocycles. The van der Waals surface area contributed by atoms with Crippen molar-refractivity contribution in [3.8, 4) is 32.3 Å². The summed E-state index contributed by atoms with van der Waals surface area (Å²) in [6.07, 6.45) is 8.66. The first-order valence-electron chi connectivity index (χ1n) is 12.5. The SMILES string of the molecule is c1cc(-c2ccc(-c3cnc(C4CCCN4)[nH]3)s2)c2cccc(-c3cnc([C@H]4CCCN4)[nH]3)c2c1. The maximum Gasteiger partial charge on any atom is 0.123 e. The van der Waals surface area contributed by atoms with Gasteiger partial charge in [-0.3, -0.25) is 0 Å². The second kappa shape index (κ2) is 8.75. The Morgan fingerprint density at radius 2 is 1.26 bits per heavy atom. The van der Waals surface area contributed by atoms with Gasteiger partial charge in [0, 0.05) is 10.4 Å². The molecule has 7 heteroatoms. The van der Waals surface area contributed by atoms with Gasteiger partial charge in [-0.15, -0.1) is 11.3 Å². The van der Waals surface area contributed by atoms with Crippen LogP contribution in [0.15, 0.2) is 60.9 Å². The largest absolute Gasteiger partial charge is 0.341 e. The molecule has 3 aromatic heterocycles. The molecular weight excluding hydrogens is 452 g/mol. The van der Waals surface area contributed by atoms with Crippen LogP contribution in [-0.2, 0) is 0 Å². The van der Waals surface area contributed by atoms with Crippen molar-refractivity contribution in [1.29, 1.82) is 0 Å². The minimum Gasteiger partial charge on any atom is -0.341 e. The standard InChI is InChI=1S/C28H28N6S/c1-6-18-17(19(7-1)23-15-31-27(33-23)21-9-3-13-29-21)5-2-8-20(18)25-11-12-26(35-25)24-16-32-28(34-24)22-10-4-14-30-22/h1-2,5-8,11-12,15-16,21-22,29-30H,3-4,9-10,13-14H2,(H,31,33)(H,32,34)/t21-,22?/m1/s1. The molecule has 2 aliphatic rings. The second-order valence-electron chi connectivity index (χ2n) is 9.53. The topological polar surface area (TPSA) is 81.4 Å². The maximum atomic E-state index is 4.70. The molecule has 0 aliphatic carbocycles. The number of fused-ring (bicyclic) bond motifs is 1. The molecular formula is C28H28N6S. The van der Waals surface area contributed by atoms with E-state index in [9.17, 15) is 0 Å². The number of aromatic nitrogens is 4. The van der Waals surface area contributed by atoms with Crippen molar-refractivity contribution < 1.29 is 0 Å². The van der Waals surface area contributed by atoms with Crippen LogP contribution in [0.4, 0.5) is 0 Å². The Morgan fingerprint density at radius 3 is 1.94 bits per heavy atom. The van der Waals surface area contributed by atoms with Gasteiger partial charge in [0.25, 0.3) is 0 Å². The molecule has 2 atom stereocenters. The number of nitrogens with one attached hydrogen (secondary N) is 4. The van der Waals surface area contributed by atoms with Crippen LogP contribution < -0.4 is 10.6 Å².